The van der Waals surface area contributed by atoms with E-state index in [0.717, 1.165) is 71.8 Å². The van der Waals surface area contributed by atoms with Crippen LogP contribution in [0.4, 0.5) is 9.93 Å². The number of H-pyrrole nitrogens is 1. The van der Waals surface area contributed by atoms with E-state index >= 15 is 0 Å². The van der Waals surface area contributed by atoms with Crippen molar-refractivity contribution in [3.05, 3.63) is 109 Å². The van der Waals surface area contributed by atoms with Crippen LogP contribution in [-0.2, 0) is 6.54 Å². The van der Waals surface area contributed by atoms with E-state index in [9.17, 15) is 4.79 Å². The third-order valence-electron chi connectivity index (χ3n) is 8.39. The van der Waals surface area contributed by atoms with E-state index in [0.29, 0.717) is 22.6 Å². The summed E-state index contributed by atoms with van der Waals surface area (Å²) in [6, 6.07) is 28.9. The molecule has 1 fully saturated rings. The molecule has 0 bridgehead atoms. The number of benzene rings is 2. The lowest BCUT2D eigenvalue weighted by Gasteiger charge is -2.31. The zero-order valence-corrected chi connectivity index (χ0v) is 26.9. The molecule has 4 aromatic heterocycles. The highest BCUT2D eigenvalue weighted by Gasteiger charge is 2.23. The number of pyridine rings is 2. The first-order chi connectivity index (χ1) is 23.1. The Hall–Kier alpha value is -5.26. The number of nitrogens with zero attached hydrogens (tertiary/aromatic N) is 6. The second-order valence-electron chi connectivity index (χ2n) is 11.6. The molecule has 5 heterocycles. The summed E-state index contributed by atoms with van der Waals surface area (Å²) in [5.41, 5.74) is 9.17. The molecule has 11 heteroatoms. The summed E-state index contributed by atoms with van der Waals surface area (Å²) in [6.07, 6.45) is 5.82. The summed E-state index contributed by atoms with van der Waals surface area (Å²) in [5, 5.41) is 22.8. The van der Waals surface area contributed by atoms with Gasteiger partial charge < -0.3 is 5.32 Å². The van der Waals surface area contributed by atoms with Gasteiger partial charge in [-0.1, -0.05) is 72.0 Å². The molecule has 7 rings (SSSR count). The van der Waals surface area contributed by atoms with Crippen molar-refractivity contribution in [2.75, 3.05) is 25.0 Å². The van der Waals surface area contributed by atoms with Crippen molar-refractivity contribution >= 4 is 22.5 Å². The number of hydrogen-bond donors (Lipinski definition) is 3. The van der Waals surface area contributed by atoms with Gasteiger partial charge in [0.2, 0.25) is 5.13 Å². The zero-order chi connectivity index (χ0) is 32.0. The smallest absolute Gasteiger partial charge is 0.321 e. The normalized spacial score (nSPS) is 13.8. The van der Waals surface area contributed by atoms with Crippen LogP contribution in [0.1, 0.15) is 36.9 Å². The monoisotopic (exact) mass is 641 g/mol. The van der Waals surface area contributed by atoms with Gasteiger partial charge in [-0.15, -0.1) is 10.2 Å². The molecule has 236 valence electrons. The average Bonchev–Trinajstić information content (AvgIpc) is 3.81. The van der Waals surface area contributed by atoms with Crippen LogP contribution in [0.25, 0.3) is 44.3 Å². The lowest BCUT2D eigenvalue weighted by molar-refractivity contribution is 0.203. The predicted octanol–water partition coefficient (Wildman–Crippen LogP) is 7.24. The highest BCUT2D eigenvalue weighted by Crippen LogP contribution is 2.36. The van der Waals surface area contributed by atoms with Crippen LogP contribution in [0.15, 0.2) is 97.3 Å². The molecule has 2 amide bonds. The molecule has 0 aliphatic carbocycles. The Kier molecular flexibility index (Phi) is 9.07. The number of nitrogens with one attached hydrogen (secondary N) is 3. The van der Waals surface area contributed by atoms with Gasteiger partial charge in [-0.05, 0) is 68.2 Å². The fourth-order valence-corrected chi connectivity index (χ4v) is 6.68. The molecule has 1 aliphatic rings. The van der Waals surface area contributed by atoms with E-state index in [1.807, 2.05) is 49.5 Å². The first kappa shape index (κ1) is 30.4. The Morgan fingerprint density at radius 3 is 2.47 bits per heavy atom. The quantitative estimate of drug-likeness (QED) is 0.152. The average molecular weight is 642 g/mol. The van der Waals surface area contributed by atoms with Gasteiger partial charge >= 0.3 is 6.03 Å². The van der Waals surface area contributed by atoms with Gasteiger partial charge in [-0.25, -0.2) is 4.79 Å². The first-order valence-corrected chi connectivity index (χ1v) is 16.7. The first-order valence-electron chi connectivity index (χ1n) is 15.9. The maximum atomic E-state index is 11.9. The topological polar surface area (TPSA) is 125 Å². The Morgan fingerprint density at radius 1 is 0.894 bits per heavy atom. The van der Waals surface area contributed by atoms with Gasteiger partial charge in [0.1, 0.15) is 5.69 Å². The molecule has 47 heavy (non-hydrogen) atoms. The van der Waals surface area contributed by atoms with Crippen LogP contribution in [0.2, 0.25) is 0 Å². The van der Waals surface area contributed by atoms with Crippen LogP contribution in [0.3, 0.4) is 0 Å². The molecule has 2 aromatic carbocycles. The Labute approximate surface area is 277 Å². The molecule has 0 radical (unpaired) electrons. The SMILES string of the molecule is CCNC(=O)Nc1nnc(-c2cnc(-c3ccc(CN4CCC(c5cc(-c6ccccn6)n[nH]5)CC4)cc3)c(-c3ccccc3)c2)s1. The molecule has 0 atom stereocenters. The molecule has 10 nitrogen and oxygen atoms in total. The summed E-state index contributed by atoms with van der Waals surface area (Å²) in [7, 11) is 0. The van der Waals surface area contributed by atoms with Crippen molar-refractivity contribution in [1.29, 1.82) is 0 Å². The fraction of sp³-hybridized carbons (Fsp3) is 0.222. The largest absolute Gasteiger partial charge is 0.338 e. The van der Waals surface area contributed by atoms with E-state index < -0.39 is 0 Å². The van der Waals surface area contributed by atoms with Gasteiger partial charge in [0.25, 0.3) is 0 Å². The van der Waals surface area contributed by atoms with Crippen molar-refractivity contribution in [1.82, 2.24) is 40.6 Å². The third-order valence-corrected chi connectivity index (χ3v) is 9.28. The van der Waals surface area contributed by atoms with Crippen LogP contribution < -0.4 is 10.6 Å². The number of carbonyl (C=O) groups is 1. The lowest BCUT2D eigenvalue weighted by atomic mass is 9.93. The molecule has 0 spiro atoms. The Balaban J connectivity index is 1.03. The molecule has 1 aliphatic heterocycles. The third kappa shape index (κ3) is 7.11. The minimum atomic E-state index is -0.300. The van der Waals surface area contributed by atoms with E-state index in [1.54, 1.807) is 6.20 Å². The molecular formula is C36H35N9OS. The van der Waals surface area contributed by atoms with E-state index in [4.69, 9.17) is 4.98 Å². The number of anilines is 1. The van der Waals surface area contributed by atoms with Crippen LogP contribution >= 0.6 is 11.3 Å². The van der Waals surface area contributed by atoms with Gasteiger partial charge in [0.15, 0.2) is 5.01 Å². The maximum absolute atomic E-state index is 11.9. The number of rotatable bonds is 9. The second-order valence-corrected chi connectivity index (χ2v) is 12.5. The molecule has 0 saturated carbocycles. The number of piperidine rings is 1. The van der Waals surface area contributed by atoms with Crippen molar-refractivity contribution in [3.8, 4) is 44.3 Å². The standard InChI is InChI=1S/C36H35N9OS/c1-2-37-35(46)40-36-44-43-34(47-36)28-20-29(25-8-4-3-5-9-25)33(39-22-28)27-13-11-24(12-14-27)23-45-18-15-26(16-19-45)31-21-32(42-41-31)30-10-6-7-17-38-30/h3-14,17,20-22,26H,2,15-16,18-19,23H2,1H3,(H,41,42)(H2,37,40,44,46). The fourth-order valence-electron chi connectivity index (χ4n) is 5.96. The van der Waals surface area contributed by atoms with Crippen LogP contribution in [-0.4, -0.2) is 60.9 Å². The van der Waals surface area contributed by atoms with E-state index in [1.165, 1.54) is 22.6 Å². The van der Waals surface area contributed by atoms with Crippen LogP contribution in [0, 0.1) is 0 Å². The van der Waals surface area contributed by atoms with E-state index in [2.05, 4.69) is 89.4 Å². The predicted molar refractivity (Wildman–Crippen MR) is 186 cm³/mol. The van der Waals surface area contributed by atoms with Crippen molar-refractivity contribution in [2.45, 2.75) is 32.2 Å². The number of aromatic amines is 1. The van der Waals surface area contributed by atoms with Crippen molar-refractivity contribution < 1.29 is 4.79 Å². The Morgan fingerprint density at radius 2 is 1.70 bits per heavy atom. The number of aromatic nitrogens is 6. The van der Waals surface area contributed by atoms with Crippen molar-refractivity contribution in [2.24, 2.45) is 0 Å². The molecule has 6 aromatic rings. The van der Waals surface area contributed by atoms with Crippen molar-refractivity contribution in [3.63, 3.8) is 0 Å². The molecule has 3 N–H and O–H groups in total. The highest BCUT2D eigenvalue weighted by molar-refractivity contribution is 7.18. The van der Waals surface area contributed by atoms with Gasteiger partial charge in [0, 0.05) is 53.8 Å². The summed E-state index contributed by atoms with van der Waals surface area (Å²) in [5.74, 6) is 0.479. The number of carbonyl (C=O) groups excluding carboxylic acids is 1. The molecule has 1 saturated heterocycles. The highest BCUT2D eigenvalue weighted by atomic mass is 32.1. The maximum Gasteiger partial charge on any atom is 0.321 e. The summed E-state index contributed by atoms with van der Waals surface area (Å²) >= 11 is 1.32. The number of amides is 2. The van der Waals surface area contributed by atoms with Gasteiger partial charge in [-0.2, -0.15) is 5.10 Å². The van der Waals surface area contributed by atoms with Gasteiger partial charge in [0.05, 0.1) is 11.4 Å². The lowest BCUT2D eigenvalue weighted by Crippen LogP contribution is -2.32. The summed E-state index contributed by atoms with van der Waals surface area (Å²) in [6.45, 7) is 5.39. The zero-order valence-electron chi connectivity index (χ0n) is 26.1. The molecule has 0 unspecified atom stereocenters. The second kappa shape index (κ2) is 14.0. The van der Waals surface area contributed by atoms with Gasteiger partial charge in [-0.3, -0.25) is 25.3 Å². The number of urea groups is 1. The summed E-state index contributed by atoms with van der Waals surface area (Å²) in [4.78, 5) is 23.8. The number of likely N-dealkylation sites (tertiary alicyclic amines) is 1. The van der Waals surface area contributed by atoms with E-state index in [-0.39, 0.29) is 6.03 Å². The van der Waals surface area contributed by atoms with Crippen LogP contribution in [0.5, 0.6) is 0 Å². The Bertz CT molecular complexity index is 1930. The number of hydrogen-bond acceptors (Lipinski definition) is 8. The minimum absolute atomic E-state index is 0.300. The molecular weight excluding hydrogens is 607 g/mol. The minimum Gasteiger partial charge on any atom is -0.338 e. The summed E-state index contributed by atoms with van der Waals surface area (Å²) < 4.78 is 0.